The fourth-order valence-corrected chi connectivity index (χ4v) is 3.18. The number of rotatable bonds is 5. The lowest BCUT2D eigenvalue weighted by Crippen LogP contribution is -2.42. The summed E-state index contributed by atoms with van der Waals surface area (Å²) in [5.74, 6) is -2.51. The molecule has 1 unspecified atom stereocenters. The Morgan fingerprint density at radius 1 is 1.47 bits per heavy atom. The number of benzene rings is 1. The van der Waals surface area contributed by atoms with Gasteiger partial charge in [-0.15, -0.1) is 0 Å². The van der Waals surface area contributed by atoms with Crippen LogP contribution in [0.1, 0.15) is 12.8 Å². The van der Waals surface area contributed by atoms with E-state index in [4.69, 9.17) is 16.7 Å². The van der Waals surface area contributed by atoms with Crippen LogP contribution in [0, 0.1) is 11.7 Å². The van der Waals surface area contributed by atoms with E-state index in [1.807, 2.05) is 4.72 Å². The van der Waals surface area contributed by atoms with Gasteiger partial charge in [-0.3, -0.25) is 4.79 Å². The van der Waals surface area contributed by atoms with E-state index in [0.29, 0.717) is 12.8 Å². The molecule has 1 aromatic rings. The Labute approximate surface area is 114 Å². The van der Waals surface area contributed by atoms with E-state index in [9.17, 15) is 17.6 Å². The molecule has 0 spiro atoms. The van der Waals surface area contributed by atoms with Crippen molar-refractivity contribution in [2.24, 2.45) is 5.92 Å². The molecule has 1 fully saturated rings. The Kier molecular flexibility index (Phi) is 3.80. The predicted molar refractivity (Wildman–Crippen MR) is 65.9 cm³/mol. The largest absolute Gasteiger partial charge is 0.480 e. The van der Waals surface area contributed by atoms with Gasteiger partial charge in [0.1, 0.15) is 16.8 Å². The number of nitrogens with one attached hydrogen (secondary N) is 1. The van der Waals surface area contributed by atoms with Gasteiger partial charge in [0.15, 0.2) is 0 Å². The SMILES string of the molecule is O=C(O)C(NS(=O)(=O)c1ccc(Cl)cc1F)C1CC1. The van der Waals surface area contributed by atoms with Crippen molar-refractivity contribution < 1.29 is 22.7 Å². The second-order valence-corrected chi connectivity index (χ2v) is 6.47. The molecule has 1 aliphatic carbocycles. The van der Waals surface area contributed by atoms with Gasteiger partial charge in [0, 0.05) is 5.02 Å². The third kappa shape index (κ3) is 3.23. The van der Waals surface area contributed by atoms with E-state index in [2.05, 4.69) is 0 Å². The Morgan fingerprint density at radius 3 is 2.58 bits per heavy atom. The lowest BCUT2D eigenvalue weighted by molar-refractivity contribution is -0.139. The molecule has 5 nitrogen and oxygen atoms in total. The minimum atomic E-state index is -4.22. The second-order valence-electron chi connectivity index (χ2n) is 4.35. The van der Waals surface area contributed by atoms with Gasteiger partial charge in [-0.05, 0) is 37.0 Å². The maximum atomic E-state index is 13.6. The van der Waals surface area contributed by atoms with Crippen LogP contribution >= 0.6 is 11.6 Å². The number of carbonyl (C=O) groups is 1. The summed E-state index contributed by atoms with van der Waals surface area (Å²) < 4.78 is 39.5. The average molecular weight is 308 g/mol. The maximum Gasteiger partial charge on any atom is 0.322 e. The maximum absolute atomic E-state index is 13.6. The number of carboxylic acid groups (broad SMARTS) is 1. The van der Waals surface area contributed by atoms with Crippen molar-refractivity contribution in [3.05, 3.63) is 29.0 Å². The van der Waals surface area contributed by atoms with Crippen LogP contribution in [0.15, 0.2) is 23.1 Å². The molecule has 8 heteroatoms. The van der Waals surface area contributed by atoms with Crippen LogP contribution in [-0.4, -0.2) is 25.5 Å². The molecule has 0 aliphatic heterocycles. The summed E-state index contributed by atoms with van der Waals surface area (Å²) >= 11 is 5.53. The molecule has 0 saturated heterocycles. The van der Waals surface area contributed by atoms with Gasteiger partial charge in [-0.25, -0.2) is 12.8 Å². The van der Waals surface area contributed by atoms with E-state index in [1.165, 1.54) is 6.07 Å². The molecule has 19 heavy (non-hydrogen) atoms. The fourth-order valence-electron chi connectivity index (χ4n) is 1.70. The summed E-state index contributed by atoms with van der Waals surface area (Å²) in [6.07, 6.45) is 1.28. The zero-order valence-electron chi connectivity index (χ0n) is 9.64. The topological polar surface area (TPSA) is 83.5 Å². The molecule has 1 atom stereocenters. The zero-order valence-corrected chi connectivity index (χ0v) is 11.2. The Bertz CT molecular complexity index is 615. The number of carboxylic acids is 1. The molecule has 0 radical (unpaired) electrons. The molecular formula is C11H11ClFNO4S. The highest BCUT2D eigenvalue weighted by atomic mass is 35.5. The van der Waals surface area contributed by atoms with Crippen LogP contribution in [0.25, 0.3) is 0 Å². The number of sulfonamides is 1. The first-order valence-electron chi connectivity index (χ1n) is 5.51. The molecule has 0 heterocycles. The zero-order chi connectivity index (χ0) is 14.2. The van der Waals surface area contributed by atoms with Crippen molar-refractivity contribution in [1.82, 2.24) is 4.72 Å². The lowest BCUT2D eigenvalue weighted by Gasteiger charge is -2.14. The number of hydrogen-bond acceptors (Lipinski definition) is 3. The van der Waals surface area contributed by atoms with Gasteiger partial charge in [0.05, 0.1) is 0 Å². The number of halogens is 2. The predicted octanol–water partition coefficient (Wildman–Crippen LogP) is 1.62. The van der Waals surface area contributed by atoms with Crippen molar-refractivity contribution in [3.8, 4) is 0 Å². The van der Waals surface area contributed by atoms with E-state index in [-0.39, 0.29) is 10.9 Å². The highest BCUT2D eigenvalue weighted by molar-refractivity contribution is 7.89. The Hall–Kier alpha value is -1.18. The van der Waals surface area contributed by atoms with Crippen LogP contribution in [-0.2, 0) is 14.8 Å². The van der Waals surface area contributed by atoms with E-state index >= 15 is 0 Å². The van der Waals surface area contributed by atoms with Crippen molar-refractivity contribution in [3.63, 3.8) is 0 Å². The fraction of sp³-hybridized carbons (Fsp3) is 0.364. The van der Waals surface area contributed by atoms with Crippen molar-refractivity contribution >= 4 is 27.6 Å². The molecule has 0 bridgehead atoms. The first-order chi connectivity index (χ1) is 8.81. The van der Waals surface area contributed by atoms with Crippen LogP contribution in [0.3, 0.4) is 0 Å². The van der Waals surface area contributed by atoms with Gasteiger partial charge in [-0.1, -0.05) is 11.6 Å². The molecular weight excluding hydrogens is 297 g/mol. The quantitative estimate of drug-likeness (QED) is 0.866. The number of aliphatic carboxylic acids is 1. The van der Waals surface area contributed by atoms with Crippen LogP contribution in [0.5, 0.6) is 0 Å². The first kappa shape index (κ1) is 14.2. The highest BCUT2D eigenvalue weighted by Crippen LogP contribution is 2.33. The summed E-state index contributed by atoms with van der Waals surface area (Å²) in [5.41, 5.74) is 0. The van der Waals surface area contributed by atoms with E-state index in [0.717, 1.165) is 12.1 Å². The normalized spacial score (nSPS) is 17.2. The molecule has 1 saturated carbocycles. The van der Waals surface area contributed by atoms with Crippen LogP contribution < -0.4 is 4.72 Å². The second kappa shape index (κ2) is 5.07. The van der Waals surface area contributed by atoms with Crippen molar-refractivity contribution in [2.45, 2.75) is 23.8 Å². The van der Waals surface area contributed by atoms with Crippen LogP contribution in [0.2, 0.25) is 5.02 Å². The lowest BCUT2D eigenvalue weighted by atomic mass is 10.2. The summed E-state index contributed by atoms with van der Waals surface area (Å²) in [7, 11) is -4.22. The smallest absolute Gasteiger partial charge is 0.322 e. The van der Waals surface area contributed by atoms with Crippen molar-refractivity contribution in [2.75, 3.05) is 0 Å². The summed E-state index contributed by atoms with van der Waals surface area (Å²) in [6.45, 7) is 0. The van der Waals surface area contributed by atoms with Gasteiger partial charge in [0.2, 0.25) is 10.0 Å². The molecule has 0 amide bonds. The summed E-state index contributed by atoms with van der Waals surface area (Å²) in [6, 6.07) is 1.88. The van der Waals surface area contributed by atoms with Crippen LogP contribution in [0.4, 0.5) is 4.39 Å². The average Bonchev–Trinajstić information content (AvgIpc) is 3.08. The van der Waals surface area contributed by atoms with E-state index < -0.39 is 32.7 Å². The highest BCUT2D eigenvalue weighted by Gasteiger charge is 2.39. The summed E-state index contributed by atoms with van der Waals surface area (Å²) in [5, 5.41) is 9.03. The monoisotopic (exact) mass is 307 g/mol. The Morgan fingerprint density at radius 2 is 2.11 bits per heavy atom. The minimum Gasteiger partial charge on any atom is -0.480 e. The Balaban J connectivity index is 2.29. The molecule has 2 N–H and O–H groups in total. The third-order valence-corrected chi connectivity index (χ3v) is 4.53. The summed E-state index contributed by atoms with van der Waals surface area (Å²) in [4.78, 5) is 10.4. The standard InChI is InChI=1S/C11H11ClFNO4S/c12-7-3-4-9(8(13)5-7)19(17,18)14-10(11(15)16)6-1-2-6/h3-6,10,14H,1-2H2,(H,15,16). The number of hydrogen-bond donors (Lipinski definition) is 2. The minimum absolute atomic E-state index is 0.0634. The third-order valence-electron chi connectivity index (χ3n) is 2.83. The molecule has 1 aliphatic rings. The van der Waals surface area contributed by atoms with E-state index in [1.54, 1.807) is 0 Å². The molecule has 2 rings (SSSR count). The van der Waals surface area contributed by atoms with Gasteiger partial charge < -0.3 is 5.11 Å². The van der Waals surface area contributed by atoms with Gasteiger partial charge in [0.25, 0.3) is 0 Å². The molecule has 0 aromatic heterocycles. The van der Waals surface area contributed by atoms with Crippen molar-refractivity contribution in [1.29, 1.82) is 0 Å². The molecule has 1 aromatic carbocycles. The molecule has 104 valence electrons. The van der Waals surface area contributed by atoms with Gasteiger partial charge in [-0.2, -0.15) is 4.72 Å². The first-order valence-corrected chi connectivity index (χ1v) is 7.37. The van der Waals surface area contributed by atoms with Gasteiger partial charge >= 0.3 is 5.97 Å².